The minimum absolute atomic E-state index is 0.380. The van der Waals surface area contributed by atoms with E-state index in [0.29, 0.717) is 96.7 Å². The van der Waals surface area contributed by atoms with Gasteiger partial charge in [-0.3, -0.25) is 42.5 Å². The van der Waals surface area contributed by atoms with E-state index in [-0.39, 0.29) is 0 Å². The molecule has 8 N–H and O–H groups in total. The molecule has 0 aromatic rings. The molecule has 64 heavy (non-hydrogen) atoms. The lowest BCUT2D eigenvalue weighted by Gasteiger charge is -2.42. The molecule has 9 aliphatic rings. The fourth-order valence-corrected chi connectivity index (χ4v) is 17.1. The van der Waals surface area contributed by atoms with Crippen LogP contribution in [0.4, 0.5) is 0 Å². The van der Waals surface area contributed by atoms with Crippen LogP contribution in [-0.4, -0.2) is 49.3 Å². The monoisotopic (exact) mass is 889 g/mol. The van der Waals surface area contributed by atoms with E-state index in [1.54, 1.807) is 0 Å². The molecule has 5 heterocycles. The molecule has 8 heteroatoms. The Morgan fingerprint density at radius 2 is 0.453 bits per heavy atom. The lowest BCUT2D eigenvalue weighted by atomic mass is 9.65. The van der Waals surface area contributed by atoms with Crippen molar-refractivity contribution in [2.75, 3.05) is 0 Å². The summed E-state index contributed by atoms with van der Waals surface area (Å²) in [5.41, 5.74) is 0. The molecule has 5 saturated heterocycles. The molecule has 368 valence electrons. The molecule has 4 aliphatic carbocycles. The predicted octanol–water partition coefficient (Wildman–Crippen LogP) is 11.4. The molecule has 20 unspecified atom stereocenters. The maximum absolute atomic E-state index is 4.51. The third kappa shape index (κ3) is 11.3. The number of unbranched alkanes of at least 4 members (excludes halogenated alkanes) is 12. The van der Waals surface area contributed by atoms with Crippen molar-refractivity contribution in [1.82, 2.24) is 42.5 Å². The van der Waals surface area contributed by atoms with Gasteiger partial charge in [0, 0.05) is 0 Å². The Balaban J connectivity index is 0.995. The molecule has 0 amide bonds. The van der Waals surface area contributed by atoms with Gasteiger partial charge in [-0.1, -0.05) is 182 Å². The zero-order valence-electron chi connectivity index (χ0n) is 42.2. The van der Waals surface area contributed by atoms with E-state index < -0.39 is 0 Å². The molecule has 0 aromatic carbocycles. The van der Waals surface area contributed by atoms with Gasteiger partial charge in [0.1, 0.15) is 0 Å². The van der Waals surface area contributed by atoms with E-state index in [9.17, 15) is 0 Å². The molecule has 8 bridgehead atoms. The van der Waals surface area contributed by atoms with Crippen LogP contribution < -0.4 is 42.5 Å². The van der Waals surface area contributed by atoms with Gasteiger partial charge in [-0.2, -0.15) is 0 Å². The summed E-state index contributed by atoms with van der Waals surface area (Å²) in [5, 5.41) is 35.7. The Morgan fingerprint density at radius 3 is 0.656 bits per heavy atom. The second kappa shape index (κ2) is 24.0. The minimum Gasteiger partial charge on any atom is -0.286 e. The third-order valence-electron chi connectivity index (χ3n) is 20.5. The smallest absolute Gasteiger partial charge is 0.0628 e. The first kappa shape index (κ1) is 48.7. The van der Waals surface area contributed by atoms with E-state index in [4.69, 9.17) is 0 Å². The summed E-state index contributed by atoms with van der Waals surface area (Å²) in [6.07, 6.45) is 48.2. The van der Waals surface area contributed by atoms with Gasteiger partial charge >= 0.3 is 0 Å². The molecule has 20 atom stereocenters. The van der Waals surface area contributed by atoms with Crippen LogP contribution in [0.2, 0.25) is 0 Å². The fourth-order valence-electron chi connectivity index (χ4n) is 17.1. The van der Waals surface area contributed by atoms with Crippen LogP contribution >= 0.6 is 0 Å². The Morgan fingerprint density at radius 1 is 0.250 bits per heavy atom. The van der Waals surface area contributed by atoms with Gasteiger partial charge in [-0.05, 0) is 122 Å². The van der Waals surface area contributed by atoms with E-state index in [0.717, 1.165) is 23.7 Å². The summed E-state index contributed by atoms with van der Waals surface area (Å²) in [7, 11) is 0. The SMILES string of the molecule is CCCCCCC1CC2C3NC4NC(NC5NC(NC6NC(NC(N3)C2CC1CCCCCC)C1CCCCC61)C1CC(CCCCCC)C(CCCCCC)CC51)C1CCCCC41. The zero-order chi connectivity index (χ0) is 43.8. The Hall–Kier alpha value is -0.320. The highest BCUT2D eigenvalue weighted by molar-refractivity contribution is 5.10. The van der Waals surface area contributed by atoms with E-state index >= 15 is 0 Å². The first-order chi connectivity index (χ1) is 31.6. The van der Waals surface area contributed by atoms with Gasteiger partial charge in [-0.25, -0.2) is 0 Å². The van der Waals surface area contributed by atoms with Crippen LogP contribution in [0.25, 0.3) is 0 Å². The number of fused-ring (bicyclic) bond motifs is 20. The minimum atomic E-state index is 0.380. The Bertz CT molecular complexity index is 1170. The summed E-state index contributed by atoms with van der Waals surface area (Å²) in [6, 6.07) is 0. The molecule has 0 aromatic heterocycles. The van der Waals surface area contributed by atoms with Crippen molar-refractivity contribution in [3.05, 3.63) is 0 Å². The van der Waals surface area contributed by atoms with Gasteiger partial charge in [0.15, 0.2) is 0 Å². The summed E-state index contributed by atoms with van der Waals surface area (Å²) < 4.78 is 0. The number of hydrogen-bond donors (Lipinski definition) is 8. The fraction of sp³-hybridized carbons (Fsp3) is 1.00. The first-order valence-electron chi connectivity index (χ1n) is 29.6. The quantitative estimate of drug-likeness (QED) is 0.0573. The average molecular weight is 890 g/mol. The van der Waals surface area contributed by atoms with E-state index in [1.807, 2.05) is 0 Å². The standard InChI is InChI=1S/C56H104N8/c1-5-9-13-17-25-37-33-45-46(34-38(37)26-18-14-10-6-2)54-60-50-43-31-23-24-32-44(43)52(58-50)62-56-48-36-40(28-20-16-12-8-4)39(27-19-15-11-7-3)35-47(48)55(64-56)61-51-42-30-22-21-29-41(42)49(57-51)59-53(45)63-54/h37-64H,5-36H2,1-4H3. The van der Waals surface area contributed by atoms with Gasteiger partial charge in [0.25, 0.3) is 0 Å². The summed E-state index contributed by atoms with van der Waals surface area (Å²) >= 11 is 0. The number of hydrogen-bond acceptors (Lipinski definition) is 8. The third-order valence-corrected chi connectivity index (χ3v) is 20.5. The van der Waals surface area contributed by atoms with Crippen molar-refractivity contribution in [2.45, 2.75) is 282 Å². The zero-order valence-corrected chi connectivity index (χ0v) is 42.2. The summed E-state index contributed by atoms with van der Waals surface area (Å²) in [6.45, 7) is 9.52. The predicted molar refractivity (Wildman–Crippen MR) is 268 cm³/mol. The Kier molecular flexibility index (Phi) is 18.3. The lowest BCUT2D eigenvalue weighted by molar-refractivity contribution is 0.0826. The van der Waals surface area contributed by atoms with E-state index in [1.165, 1.54) is 205 Å². The highest BCUT2D eigenvalue weighted by Gasteiger charge is 2.56. The second-order valence-electron chi connectivity index (χ2n) is 24.4. The van der Waals surface area contributed by atoms with Gasteiger partial charge < -0.3 is 0 Å². The maximum atomic E-state index is 4.51. The van der Waals surface area contributed by atoms with Gasteiger partial charge in [0.2, 0.25) is 0 Å². The molecule has 0 spiro atoms. The second-order valence-corrected chi connectivity index (χ2v) is 24.4. The van der Waals surface area contributed by atoms with Crippen LogP contribution in [0, 0.1) is 71.0 Å². The molecular formula is C56H104N8. The normalized spacial score (nSPS) is 45.2. The highest BCUT2D eigenvalue weighted by Crippen LogP contribution is 2.51. The molecule has 0 radical (unpaired) electrons. The molecule has 4 saturated carbocycles. The summed E-state index contributed by atoms with van der Waals surface area (Å²) in [5.74, 6) is 9.24. The molecular weight excluding hydrogens is 785 g/mol. The summed E-state index contributed by atoms with van der Waals surface area (Å²) in [4.78, 5) is 0. The molecule has 9 rings (SSSR count). The van der Waals surface area contributed by atoms with Gasteiger partial charge in [-0.15, -0.1) is 0 Å². The van der Waals surface area contributed by atoms with Crippen LogP contribution in [-0.2, 0) is 0 Å². The Labute approximate surface area is 394 Å². The molecule has 5 aliphatic heterocycles. The average Bonchev–Trinajstić information content (AvgIpc) is 4.04. The van der Waals surface area contributed by atoms with E-state index in [2.05, 4.69) is 70.2 Å². The molecule has 8 nitrogen and oxygen atoms in total. The first-order valence-corrected chi connectivity index (χ1v) is 29.6. The van der Waals surface area contributed by atoms with Crippen LogP contribution in [0.3, 0.4) is 0 Å². The lowest BCUT2D eigenvalue weighted by Crippen LogP contribution is -2.61. The van der Waals surface area contributed by atoms with Gasteiger partial charge in [0.05, 0.1) is 49.3 Å². The van der Waals surface area contributed by atoms with Crippen molar-refractivity contribution in [3.8, 4) is 0 Å². The van der Waals surface area contributed by atoms with Crippen molar-refractivity contribution in [3.63, 3.8) is 0 Å². The van der Waals surface area contributed by atoms with Crippen molar-refractivity contribution < 1.29 is 0 Å². The number of rotatable bonds is 20. The van der Waals surface area contributed by atoms with Crippen LogP contribution in [0.1, 0.15) is 233 Å². The topological polar surface area (TPSA) is 96.2 Å². The van der Waals surface area contributed by atoms with Crippen molar-refractivity contribution >= 4 is 0 Å². The largest absolute Gasteiger partial charge is 0.286 e. The van der Waals surface area contributed by atoms with Crippen LogP contribution in [0.5, 0.6) is 0 Å². The number of nitrogens with one attached hydrogen (secondary N) is 8. The highest BCUT2D eigenvalue weighted by atomic mass is 15.4. The molecule has 9 fully saturated rings. The van der Waals surface area contributed by atoms with Crippen molar-refractivity contribution in [1.29, 1.82) is 0 Å². The van der Waals surface area contributed by atoms with Crippen LogP contribution in [0.15, 0.2) is 0 Å². The van der Waals surface area contributed by atoms with Crippen molar-refractivity contribution in [2.24, 2.45) is 71.0 Å². The maximum Gasteiger partial charge on any atom is 0.0628 e.